The summed E-state index contributed by atoms with van der Waals surface area (Å²) >= 11 is 0. The Hall–Kier alpha value is -3.94. The zero-order chi connectivity index (χ0) is 28.2. The number of benzene rings is 2. The van der Waals surface area contributed by atoms with Gasteiger partial charge >= 0.3 is 23.9 Å². The fourth-order valence-electron chi connectivity index (χ4n) is 4.85. The highest BCUT2D eigenvalue weighted by Crippen LogP contribution is 2.50. The number of rotatable bonds is 6. The van der Waals surface area contributed by atoms with Gasteiger partial charge in [0.15, 0.2) is 0 Å². The van der Waals surface area contributed by atoms with Crippen molar-refractivity contribution in [1.29, 1.82) is 0 Å². The Morgan fingerprint density at radius 3 is 1.29 bits per heavy atom. The summed E-state index contributed by atoms with van der Waals surface area (Å²) in [5.41, 5.74) is 3.03. The first-order valence-corrected chi connectivity index (χ1v) is 12.6. The zero-order valence-corrected chi connectivity index (χ0v) is 22.5. The van der Waals surface area contributed by atoms with Crippen LogP contribution in [-0.2, 0) is 42.8 Å². The third-order valence-electron chi connectivity index (χ3n) is 6.75. The average Bonchev–Trinajstić information content (AvgIpc) is 3.28. The number of aliphatic carboxylic acids is 2. The molecule has 0 spiro atoms. The van der Waals surface area contributed by atoms with Gasteiger partial charge < -0.3 is 19.7 Å². The van der Waals surface area contributed by atoms with Crippen molar-refractivity contribution in [2.45, 2.75) is 78.1 Å². The second kappa shape index (κ2) is 9.42. The maximum atomic E-state index is 13.4. The zero-order valence-electron chi connectivity index (χ0n) is 22.5. The van der Waals surface area contributed by atoms with Gasteiger partial charge in [0, 0.05) is 35.1 Å². The molecule has 8 nitrogen and oxygen atoms in total. The lowest BCUT2D eigenvalue weighted by Gasteiger charge is -2.22. The number of carboxylic acid groups (broad SMARTS) is 2. The number of esters is 2. The molecule has 2 aliphatic heterocycles. The van der Waals surface area contributed by atoms with E-state index < -0.39 is 34.7 Å². The Balaban J connectivity index is 2.00. The summed E-state index contributed by atoms with van der Waals surface area (Å²) in [5, 5.41) is 18.4. The number of carbonyl (C=O) groups is 4. The van der Waals surface area contributed by atoms with Gasteiger partial charge in [-0.15, -0.1) is 0 Å². The largest absolute Gasteiger partial charge is 0.481 e. The van der Waals surface area contributed by atoms with Crippen molar-refractivity contribution in [1.82, 2.24) is 0 Å². The highest BCUT2D eigenvalue weighted by atomic mass is 16.5. The van der Waals surface area contributed by atoms with Gasteiger partial charge in [-0.25, -0.2) is 9.59 Å². The highest BCUT2D eigenvalue weighted by molar-refractivity contribution is 6.41. The number of aryl methyl sites for hydroxylation is 2. The van der Waals surface area contributed by atoms with Gasteiger partial charge in [-0.05, 0) is 46.9 Å². The number of fused-ring (bicyclic) bond motifs is 2. The molecular weight excluding hydrogens is 488 g/mol. The molecule has 8 heteroatoms. The minimum absolute atomic E-state index is 0.0710. The van der Waals surface area contributed by atoms with E-state index in [1.807, 2.05) is 53.7 Å². The highest BCUT2D eigenvalue weighted by Gasteiger charge is 2.42. The fraction of sp³-hybridized carbons (Fsp3) is 0.400. The van der Waals surface area contributed by atoms with Crippen LogP contribution in [0.15, 0.2) is 24.3 Å². The molecule has 0 fully saturated rings. The van der Waals surface area contributed by atoms with E-state index in [1.54, 1.807) is 12.1 Å². The lowest BCUT2D eigenvalue weighted by molar-refractivity contribution is -0.138. The Morgan fingerprint density at radius 2 is 1.00 bits per heavy atom. The summed E-state index contributed by atoms with van der Waals surface area (Å²) in [6.45, 7) is 11.8. The van der Waals surface area contributed by atoms with Gasteiger partial charge in [0.25, 0.3) is 0 Å². The van der Waals surface area contributed by atoms with Crippen LogP contribution in [0.1, 0.15) is 87.8 Å². The van der Waals surface area contributed by atoms with E-state index in [2.05, 4.69) is 0 Å². The van der Waals surface area contributed by atoms with Crippen LogP contribution in [0.5, 0.6) is 11.5 Å². The van der Waals surface area contributed by atoms with Gasteiger partial charge in [0.1, 0.15) is 11.5 Å². The van der Waals surface area contributed by atoms with Crippen LogP contribution in [0.2, 0.25) is 0 Å². The number of carboxylic acids is 2. The summed E-state index contributed by atoms with van der Waals surface area (Å²) in [6, 6.07) is 7.13. The normalized spacial score (nSPS) is 16.7. The molecule has 4 rings (SSSR count). The Labute approximate surface area is 221 Å². The van der Waals surface area contributed by atoms with Crippen LogP contribution in [-0.4, -0.2) is 34.1 Å². The first kappa shape index (κ1) is 27.1. The Morgan fingerprint density at radius 1 is 0.658 bits per heavy atom. The molecule has 0 saturated carbocycles. The molecule has 0 bridgehead atoms. The summed E-state index contributed by atoms with van der Waals surface area (Å²) in [6.07, 6.45) is 0.319. The van der Waals surface area contributed by atoms with Gasteiger partial charge in [-0.2, -0.15) is 0 Å². The molecule has 0 aromatic heterocycles. The van der Waals surface area contributed by atoms with Crippen molar-refractivity contribution in [2.75, 3.05) is 0 Å². The molecule has 0 aliphatic carbocycles. The second-order valence-electron chi connectivity index (χ2n) is 11.9. The van der Waals surface area contributed by atoms with Crippen molar-refractivity contribution >= 4 is 35.0 Å². The van der Waals surface area contributed by atoms with E-state index in [-0.39, 0.29) is 36.8 Å². The minimum atomic E-state index is -0.939. The molecule has 0 saturated heterocycles. The fourth-order valence-corrected chi connectivity index (χ4v) is 4.85. The van der Waals surface area contributed by atoms with Crippen molar-refractivity contribution < 1.29 is 38.9 Å². The predicted molar refractivity (Wildman–Crippen MR) is 140 cm³/mol. The lowest BCUT2D eigenvalue weighted by Crippen LogP contribution is -2.14. The average molecular weight is 521 g/mol. The van der Waals surface area contributed by atoms with Gasteiger partial charge in [-0.1, -0.05) is 53.7 Å². The Kier molecular flexibility index (Phi) is 6.72. The molecule has 0 amide bonds. The van der Waals surface area contributed by atoms with E-state index in [4.69, 9.17) is 9.47 Å². The van der Waals surface area contributed by atoms with Crippen molar-refractivity contribution in [2.24, 2.45) is 0 Å². The van der Waals surface area contributed by atoms with E-state index >= 15 is 0 Å². The third kappa shape index (κ3) is 5.08. The monoisotopic (exact) mass is 520 g/mol. The molecule has 2 aromatic carbocycles. The quantitative estimate of drug-likeness (QED) is 0.307. The third-order valence-corrected chi connectivity index (χ3v) is 6.75. The topological polar surface area (TPSA) is 127 Å². The summed E-state index contributed by atoms with van der Waals surface area (Å²) in [4.78, 5) is 49.2. The second-order valence-corrected chi connectivity index (χ2v) is 11.9. The van der Waals surface area contributed by atoms with Gasteiger partial charge in [0.2, 0.25) is 0 Å². The van der Waals surface area contributed by atoms with Crippen LogP contribution in [0.25, 0.3) is 11.1 Å². The van der Waals surface area contributed by atoms with E-state index in [0.717, 1.165) is 11.1 Å². The lowest BCUT2D eigenvalue weighted by atomic mass is 9.81. The molecule has 2 N–H and O–H groups in total. The molecule has 2 heterocycles. The summed E-state index contributed by atoms with van der Waals surface area (Å²) in [7, 11) is 0. The smallest absolute Gasteiger partial charge is 0.345 e. The van der Waals surface area contributed by atoms with E-state index in [0.29, 0.717) is 33.8 Å². The number of hydrogen-bond donors (Lipinski definition) is 2. The maximum Gasteiger partial charge on any atom is 0.345 e. The van der Waals surface area contributed by atoms with Crippen LogP contribution in [0.4, 0.5) is 0 Å². The van der Waals surface area contributed by atoms with Crippen LogP contribution in [0, 0.1) is 0 Å². The van der Waals surface area contributed by atoms with Crippen LogP contribution < -0.4 is 9.47 Å². The Bertz CT molecular complexity index is 1310. The molecule has 200 valence electrons. The van der Waals surface area contributed by atoms with E-state index in [1.165, 1.54) is 0 Å². The molecule has 38 heavy (non-hydrogen) atoms. The van der Waals surface area contributed by atoms with Crippen LogP contribution in [0.3, 0.4) is 0 Å². The summed E-state index contributed by atoms with van der Waals surface area (Å²) in [5.74, 6) is -2.55. The number of carbonyl (C=O) groups excluding carboxylic acids is 2. The summed E-state index contributed by atoms with van der Waals surface area (Å²) < 4.78 is 11.5. The van der Waals surface area contributed by atoms with Gasteiger partial charge in [0.05, 0.1) is 11.1 Å². The number of ether oxygens (including phenoxy) is 2. The first-order chi connectivity index (χ1) is 17.6. The predicted octanol–water partition coefficient (Wildman–Crippen LogP) is 5.06. The van der Waals surface area contributed by atoms with E-state index in [9.17, 15) is 29.4 Å². The molecule has 2 aliphatic rings. The standard InChI is InChI=1S/C30H32O8/c1-29(2,3)19-13-15(7-9-21(31)32)11-17-23(27(35)37-25(17)19)24-18-12-16(8-10-22(33)34)14-20(30(4,5)6)26(18)38-28(24)36/h11-14H,7-10H2,1-6H3,(H,31,32)(H,33,34)/b24-23+. The SMILES string of the molecule is CC(C)(C)c1cc(CCC(=O)O)cc2c1OC(=O)/C2=C1/C(=O)Oc2c1cc(CCC(=O)O)cc2C(C)(C)C. The molecule has 0 unspecified atom stereocenters. The maximum absolute atomic E-state index is 13.4. The minimum Gasteiger partial charge on any atom is -0.481 e. The first-order valence-electron chi connectivity index (χ1n) is 12.6. The van der Waals surface area contributed by atoms with Crippen molar-refractivity contribution in [3.05, 3.63) is 57.6 Å². The van der Waals surface area contributed by atoms with Crippen molar-refractivity contribution in [3.63, 3.8) is 0 Å². The van der Waals surface area contributed by atoms with Crippen LogP contribution >= 0.6 is 0 Å². The molecule has 0 atom stereocenters. The molecule has 0 radical (unpaired) electrons. The molecular formula is C30H32O8. The van der Waals surface area contributed by atoms with Gasteiger partial charge in [-0.3, -0.25) is 9.59 Å². The van der Waals surface area contributed by atoms with Crippen molar-refractivity contribution in [3.8, 4) is 11.5 Å². The molecule has 2 aromatic rings. The number of hydrogen-bond acceptors (Lipinski definition) is 6.